The van der Waals surface area contributed by atoms with Crippen LogP contribution in [0, 0.1) is 5.92 Å². The first kappa shape index (κ1) is 16.5. The van der Waals surface area contributed by atoms with E-state index in [2.05, 4.69) is 54.4 Å². The predicted molar refractivity (Wildman–Crippen MR) is 88.5 cm³/mol. The molecule has 1 fully saturated rings. The third-order valence-corrected chi connectivity index (χ3v) is 4.37. The van der Waals surface area contributed by atoms with Crippen LogP contribution in [0.2, 0.25) is 0 Å². The summed E-state index contributed by atoms with van der Waals surface area (Å²) in [5, 5.41) is 3.63. The highest BCUT2D eigenvalue weighted by Crippen LogP contribution is 2.29. The summed E-state index contributed by atoms with van der Waals surface area (Å²) < 4.78 is 5.34. The van der Waals surface area contributed by atoms with E-state index in [0.717, 1.165) is 19.7 Å². The molecule has 1 N–H and O–H groups in total. The molecule has 1 aliphatic heterocycles. The fourth-order valence-corrected chi connectivity index (χ4v) is 3.42. The van der Waals surface area contributed by atoms with Crippen molar-refractivity contribution in [3.8, 4) is 0 Å². The molecule has 0 spiro atoms. The molecule has 0 saturated carbocycles. The zero-order valence-electron chi connectivity index (χ0n) is 13.7. The molecule has 3 nitrogen and oxygen atoms in total. The van der Waals surface area contributed by atoms with Crippen molar-refractivity contribution in [1.82, 2.24) is 10.2 Å². The third kappa shape index (κ3) is 4.80. The Hall–Kier alpha value is -0.900. The topological polar surface area (TPSA) is 24.5 Å². The van der Waals surface area contributed by atoms with Gasteiger partial charge in [0.05, 0.1) is 6.61 Å². The van der Waals surface area contributed by atoms with Crippen LogP contribution in [-0.2, 0) is 4.74 Å². The molecule has 0 amide bonds. The van der Waals surface area contributed by atoms with Crippen LogP contribution < -0.4 is 5.32 Å². The van der Waals surface area contributed by atoms with Gasteiger partial charge in [-0.1, -0.05) is 44.2 Å². The summed E-state index contributed by atoms with van der Waals surface area (Å²) in [6.07, 6.45) is 2.60. The van der Waals surface area contributed by atoms with E-state index in [1.165, 1.54) is 24.9 Å². The lowest BCUT2D eigenvalue weighted by Crippen LogP contribution is -2.42. The Kier molecular flexibility index (Phi) is 6.68. The number of benzene rings is 1. The lowest BCUT2D eigenvalue weighted by Gasteiger charge is -2.36. The van der Waals surface area contributed by atoms with Crippen LogP contribution in [0.1, 0.15) is 38.3 Å². The Balaban J connectivity index is 2.13. The first-order chi connectivity index (χ1) is 10.2. The van der Waals surface area contributed by atoms with Crippen LogP contribution in [0.5, 0.6) is 0 Å². The Labute approximate surface area is 129 Å². The SMILES string of the molecule is COCCN(CC1CCCN1)C(c1ccccc1)C(C)C. The van der Waals surface area contributed by atoms with Gasteiger partial charge in [0.15, 0.2) is 0 Å². The number of hydrogen-bond acceptors (Lipinski definition) is 3. The Morgan fingerprint density at radius 3 is 2.62 bits per heavy atom. The maximum Gasteiger partial charge on any atom is 0.0589 e. The van der Waals surface area contributed by atoms with Gasteiger partial charge in [-0.05, 0) is 30.9 Å². The van der Waals surface area contributed by atoms with Gasteiger partial charge in [-0.2, -0.15) is 0 Å². The van der Waals surface area contributed by atoms with E-state index in [0.29, 0.717) is 18.0 Å². The lowest BCUT2D eigenvalue weighted by molar-refractivity contribution is 0.0928. The van der Waals surface area contributed by atoms with Gasteiger partial charge in [0, 0.05) is 32.3 Å². The zero-order valence-corrected chi connectivity index (χ0v) is 13.7. The number of nitrogens with one attached hydrogen (secondary N) is 1. The van der Waals surface area contributed by atoms with E-state index in [-0.39, 0.29) is 0 Å². The van der Waals surface area contributed by atoms with Crippen molar-refractivity contribution in [2.24, 2.45) is 5.92 Å². The van der Waals surface area contributed by atoms with E-state index < -0.39 is 0 Å². The third-order valence-electron chi connectivity index (χ3n) is 4.37. The van der Waals surface area contributed by atoms with Gasteiger partial charge >= 0.3 is 0 Å². The second kappa shape index (κ2) is 8.52. The minimum atomic E-state index is 0.462. The highest BCUT2D eigenvalue weighted by Gasteiger charge is 2.26. The first-order valence-electron chi connectivity index (χ1n) is 8.23. The highest BCUT2D eigenvalue weighted by molar-refractivity contribution is 5.19. The van der Waals surface area contributed by atoms with Crippen molar-refractivity contribution in [2.75, 3.05) is 33.4 Å². The minimum Gasteiger partial charge on any atom is -0.383 e. The van der Waals surface area contributed by atoms with Crippen molar-refractivity contribution < 1.29 is 4.74 Å². The van der Waals surface area contributed by atoms with Gasteiger partial charge in [-0.15, -0.1) is 0 Å². The molecule has 3 heteroatoms. The fraction of sp³-hybridized carbons (Fsp3) is 0.667. The molecule has 1 heterocycles. The molecule has 1 aromatic carbocycles. The predicted octanol–water partition coefficient (Wildman–Crippen LogP) is 3.08. The summed E-state index contributed by atoms with van der Waals surface area (Å²) >= 11 is 0. The van der Waals surface area contributed by atoms with Crippen molar-refractivity contribution in [1.29, 1.82) is 0 Å². The van der Waals surface area contributed by atoms with E-state index in [1.54, 1.807) is 7.11 Å². The standard InChI is InChI=1S/C18H30N2O/c1-15(2)18(16-8-5-4-6-9-16)20(12-13-21-3)14-17-10-7-11-19-17/h4-6,8-9,15,17-19H,7,10-14H2,1-3H3. The maximum atomic E-state index is 5.34. The number of methoxy groups -OCH3 is 1. The molecule has 1 aliphatic rings. The van der Waals surface area contributed by atoms with Crippen LogP contribution in [0.15, 0.2) is 30.3 Å². The molecule has 2 rings (SSSR count). The largest absolute Gasteiger partial charge is 0.383 e. The lowest BCUT2D eigenvalue weighted by atomic mass is 9.93. The number of ether oxygens (including phenoxy) is 1. The van der Waals surface area contributed by atoms with E-state index in [1.807, 2.05) is 0 Å². The molecule has 21 heavy (non-hydrogen) atoms. The molecule has 0 radical (unpaired) electrons. The second-order valence-corrected chi connectivity index (χ2v) is 6.38. The van der Waals surface area contributed by atoms with Gasteiger partial charge in [0.25, 0.3) is 0 Å². The van der Waals surface area contributed by atoms with Gasteiger partial charge in [0.2, 0.25) is 0 Å². The Morgan fingerprint density at radius 1 is 1.29 bits per heavy atom. The highest BCUT2D eigenvalue weighted by atomic mass is 16.5. The summed E-state index contributed by atoms with van der Waals surface area (Å²) in [4.78, 5) is 2.60. The molecular weight excluding hydrogens is 260 g/mol. The average molecular weight is 290 g/mol. The normalized spacial score (nSPS) is 20.3. The molecule has 1 saturated heterocycles. The molecule has 0 aromatic heterocycles. The Morgan fingerprint density at radius 2 is 2.05 bits per heavy atom. The fourth-order valence-electron chi connectivity index (χ4n) is 3.42. The molecule has 118 valence electrons. The summed E-state index contributed by atoms with van der Waals surface area (Å²) in [6.45, 7) is 8.70. The maximum absolute atomic E-state index is 5.34. The molecular formula is C18H30N2O. The van der Waals surface area contributed by atoms with E-state index in [4.69, 9.17) is 4.74 Å². The molecule has 1 aromatic rings. The second-order valence-electron chi connectivity index (χ2n) is 6.38. The summed E-state index contributed by atoms with van der Waals surface area (Å²) in [6, 6.07) is 12.0. The Bertz CT molecular complexity index is 387. The van der Waals surface area contributed by atoms with Crippen LogP contribution >= 0.6 is 0 Å². The smallest absolute Gasteiger partial charge is 0.0589 e. The number of hydrogen-bond donors (Lipinski definition) is 1. The van der Waals surface area contributed by atoms with Crippen molar-refractivity contribution in [3.63, 3.8) is 0 Å². The van der Waals surface area contributed by atoms with Crippen LogP contribution in [0.25, 0.3) is 0 Å². The quantitative estimate of drug-likeness (QED) is 0.796. The van der Waals surface area contributed by atoms with Crippen molar-refractivity contribution >= 4 is 0 Å². The molecule has 2 atom stereocenters. The monoisotopic (exact) mass is 290 g/mol. The van der Waals surface area contributed by atoms with Gasteiger partial charge in [-0.3, -0.25) is 4.90 Å². The van der Waals surface area contributed by atoms with Crippen molar-refractivity contribution in [2.45, 2.75) is 38.8 Å². The van der Waals surface area contributed by atoms with Gasteiger partial charge < -0.3 is 10.1 Å². The average Bonchev–Trinajstić information content (AvgIpc) is 2.98. The van der Waals surface area contributed by atoms with Gasteiger partial charge in [-0.25, -0.2) is 0 Å². The van der Waals surface area contributed by atoms with E-state index in [9.17, 15) is 0 Å². The van der Waals surface area contributed by atoms with E-state index >= 15 is 0 Å². The molecule has 0 bridgehead atoms. The summed E-state index contributed by atoms with van der Waals surface area (Å²) in [5.74, 6) is 0.589. The van der Waals surface area contributed by atoms with Crippen LogP contribution in [0.4, 0.5) is 0 Å². The van der Waals surface area contributed by atoms with Crippen LogP contribution in [0.3, 0.4) is 0 Å². The van der Waals surface area contributed by atoms with Gasteiger partial charge in [0.1, 0.15) is 0 Å². The zero-order chi connectivity index (χ0) is 15.1. The number of nitrogens with zero attached hydrogens (tertiary/aromatic N) is 1. The minimum absolute atomic E-state index is 0.462. The van der Waals surface area contributed by atoms with Crippen molar-refractivity contribution in [3.05, 3.63) is 35.9 Å². The first-order valence-corrected chi connectivity index (χ1v) is 8.23. The molecule has 2 unspecified atom stereocenters. The molecule has 0 aliphatic carbocycles. The number of rotatable bonds is 8. The van der Waals surface area contributed by atoms with Crippen LogP contribution in [-0.4, -0.2) is 44.3 Å². The summed E-state index contributed by atoms with van der Waals surface area (Å²) in [7, 11) is 1.79. The summed E-state index contributed by atoms with van der Waals surface area (Å²) in [5.41, 5.74) is 1.42.